The molecule has 1 N–H and O–H groups in total. The molecule has 11 heteroatoms. The highest BCUT2D eigenvalue weighted by Crippen LogP contribution is 2.44. The van der Waals surface area contributed by atoms with Crippen molar-refractivity contribution in [2.24, 2.45) is 0 Å². The highest BCUT2D eigenvalue weighted by atomic mass is 35.5. The maximum Gasteiger partial charge on any atom is 0.301 e. The van der Waals surface area contributed by atoms with E-state index in [1.54, 1.807) is 67.0 Å². The summed E-state index contributed by atoms with van der Waals surface area (Å²) in [5.74, 6) is -1.32. The number of halogens is 2. The van der Waals surface area contributed by atoms with Crippen LogP contribution in [0.25, 0.3) is 5.76 Å². The number of benzene rings is 2. The summed E-state index contributed by atoms with van der Waals surface area (Å²) in [6.45, 7) is 0. The number of carbonyl (C=O) groups excluding carboxylic acids is 2. The highest BCUT2D eigenvalue weighted by molar-refractivity contribution is 8.00. The van der Waals surface area contributed by atoms with Gasteiger partial charge in [0.25, 0.3) is 5.78 Å². The van der Waals surface area contributed by atoms with Crippen molar-refractivity contribution >= 4 is 68.9 Å². The fourth-order valence-corrected chi connectivity index (χ4v) is 6.20. The van der Waals surface area contributed by atoms with Crippen LogP contribution in [-0.2, 0) is 15.3 Å². The summed E-state index contributed by atoms with van der Waals surface area (Å²) in [5, 5.41) is 20.8. The molecule has 7 nitrogen and oxygen atoms in total. The number of rotatable bonds is 6. The maximum absolute atomic E-state index is 13.2. The molecule has 0 saturated carbocycles. The summed E-state index contributed by atoms with van der Waals surface area (Å²) in [6, 6.07) is 16.4. The third-order valence-electron chi connectivity index (χ3n) is 5.48. The SMILES string of the molecule is O=C1C(=O)N(c2nnc(SCc3ccc(Cl)cc3Cl)s2)C(c2ccncc2)/C1=C(/O)c1ccccc1. The highest BCUT2D eigenvalue weighted by Gasteiger charge is 2.48. The first kappa shape index (κ1) is 24.5. The standard InChI is InChI=1S/C25H16Cl2N4O3S2/c26-17-7-6-16(18(27)12-17)13-35-25-30-29-24(36-25)31-20(14-8-10-28-11-9-14)19(22(33)23(31)34)21(32)15-4-2-1-3-5-15/h1-12,20,32H,13H2/b21-19-. The smallest absolute Gasteiger partial charge is 0.301 e. The second kappa shape index (κ2) is 10.4. The van der Waals surface area contributed by atoms with Gasteiger partial charge in [0.15, 0.2) is 4.34 Å². The summed E-state index contributed by atoms with van der Waals surface area (Å²) in [7, 11) is 0. The number of carbonyl (C=O) groups is 2. The lowest BCUT2D eigenvalue weighted by Gasteiger charge is -2.22. The van der Waals surface area contributed by atoms with Gasteiger partial charge in [0, 0.05) is 33.8 Å². The first-order valence-electron chi connectivity index (χ1n) is 10.6. The van der Waals surface area contributed by atoms with Gasteiger partial charge in [0.2, 0.25) is 5.13 Å². The summed E-state index contributed by atoms with van der Waals surface area (Å²) < 4.78 is 0.592. The molecule has 5 rings (SSSR count). The van der Waals surface area contributed by atoms with Gasteiger partial charge in [0.1, 0.15) is 5.76 Å². The molecule has 2 aromatic carbocycles. The Kier molecular flexibility index (Phi) is 7.06. The Labute approximate surface area is 224 Å². The van der Waals surface area contributed by atoms with E-state index in [4.69, 9.17) is 23.2 Å². The Bertz CT molecular complexity index is 1480. The number of aliphatic hydroxyl groups is 1. The maximum atomic E-state index is 13.2. The van der Waals surface area contributed by atoms with Crippen LogP contribution in [0.2, 0.25) is 10.0 Å². The van der Waals surface area contributed by atoms with Crippen LogP contribution in [0.15, 0.2) is 83.0 Å². The molecule has 0 spiro atoms. The zero-order valence-corrected chi connectivity index (χ0v) is 21.5. The minimum Gasteiger partial charge on any atom is -0.507 e. The molecule has 180 valence electrons. The van der Waals surface area contributed by atoms with Gasteiger partial charge in [-0.1, -0.05) is 82.7 Å². The zero-order chi connectivity index (χ0) is 25.2. The predicted octanol–water partition coefficient (Wildman–Crippen LogP) is 6.16. The van der Waals surface area contributed by atoms with E-state index in [0.29, 0.717) is 31.3 Å². The third-order valence-corrected chi connectivity index (χ3v) is 8.17. The van der Waals surface area contributed by atoms with E-state index in [1.165, 1.54) is 28.0 Å². The monoisotopic (exact) mass is 554 g/mol. The minimum absolute atomic E-state index is 0.0188. The molecular weight excluding hydrogens is 539 g/mol. The minimum atomic E-state index is -0.885. The fourth-order valence-electron chi connectivity index (χ4n) is 3.78. The molecule has 1 aliphatic heterocycles. The Hall–Kier alpha value is -3.24. The van der Waals surface area contributed by atoms with Gasteiger partial charge < -0.3 is 5.11 Å². The van der Waals surface area contributed by atoms with Crippen LogP contribution in [0.5, 0.6) is 0 Å². The van der Waals surface area contributed by atoms with Crippen molar-refractivity contribution in [2.45, 2.75) is 16.1 Å². The van der Waals surface area contributed by atoms with Crippen LogP contribution >= 0.6 is 46.3 Å². The van der Waals surface area contributed by atoms with E-state index in [9.17, 15) is 14.7 Å². The average molecular weight is 555 g/mol. The molecule has 1 fully saturated rings. The van der Waals surface area contributed by atoms with E-state index in [-0.39, 0.29) is 16.5 Å². The van der Waals surface area contributed by atoms with E-state index in [2.05, 4.69) is 15.2 Å². The molecular formula is C25H16Cl2N4O3S2. The van der Waals surface area contributed by atoms with Crippen molar-refractivity contribution in [3.8, 4) is 0 Å². The van der Waals surface area contributed by atoms with Gasteiger partial charge in [-0.3, -0.25) is 19.5 Å². The normalized spacial score (nSPS) is 17.1. The summed E-state index contributed by atoms with van der Waals surface area (Å²) in [4.78, 5) is 31.7. The molecule has 0 radical (unpaired) electrons. The number of anilines is 1. The second-order valence-electron chi connectivity index (χ2n) is 7.69. The van der Waals surface area contributed by atoms with E-state index in [1.807, 2.05) is 6.07 Å². The topological polar surface area (TPSA) is 96.3 Å². The summed E-state index contributed by atoms with van der Waals surface area (Å²) >= 11 is 14.8. The van der Waals surface area contributed by atoms with E-state index in [0.717, 1.165) is 5.56 Å². The number of amides is 1. The van der Waals surface area contributed by atoms with Gasteiger partial charge in [-0.25, -0.2) is 0 Å². The molecule has 1 unspecified atom stereocenters. The van der Waals surface area contributed by atoms with Crippen molar-refractivity contribution in [3.63, 3.8) is 0 Å². The van der Waals surface area contributed by atoms with Crippen molar-refractivity contribution in [2.75, 3.05) is 4.90 Å². The lowest BCUT2D eigenvalue weighted by molar-refractivity contribution is -0.132. The third kappa shape index (κ3) is 4.75. The van der Waals surface area contributed by atoms with Gasteiger partial charge in [-0.2, -0.15) is 0 Å². The van der Waals surface area contributed by atoms with Crippen molar-refractivity contribution in [1.29, 1.82) is 0 Å². The summed E-state index contributed by atoms with van der Waals surface area (Å²) in [6.07, 6.45) is 3.13. The molecule has 1 aliphatic rings. The van der Waals surface area contributed by atoms with Crippen molar-refractivity contribution in [1.82, 2.24) is 15.2 Å². The Balaban J connectivity index is 1.51. The van der Waals surface area contributed by atoms with Crippen LogP contribution in [0.3, 0.4) is 0 Å². The molecule has 3 heterocycles. The van der Waals surface area contributed by atoms with Crippen LogP contribution < -0.4 is 4.90 Å². The molecule has 36 heavy (non-hydrogen) atoms. The number of hydrogen-bond acceptors (Lipinski definition) is 8. The van der Waals surface area contributed by atoms with Gasteiger partial charge >= 0.3 is 5.91 Å². The lowest BCUT2D eigenvalue weighted by atomic mass is 9.96. The average Bonchev–Trinajstić information content (AvgIpc) is 3.46. The fraction of sp³-hybridized carbons (Fsp3) is 0.0800. The zero-order valence-electron chi connectivity index (χ0n) is 18.3. The first-order chi connectivity index (χ1) is 17.4. The predicted molar refractivity (Wildman–Crippen MR) is 141 cm³/mol. The number of pyridine rings is 1. The van der Waals surface area contributed by atoms with Crippen LogP contribution in [0, 0.1) is 0 Å². The molecule has 0 bridgehead atoms. The molecule has 1 amide bonds. The Morgan fingerprint density at radius 2 is 1.78 bits per heavy atom. The number of aromatic nitrogens is 3. The van der Waals surface area contributed by atoms with Crippen LogP contribution in [0.1, 0.15) is 22.7 Å². The van der Waals surface area contributed by atoms with Gasteiger partial charge in [0.05, 0.1) is 11.6 Å². The van der Waals surface area contributed by atoms with Crippen LogP contribution in [0.4, 0.5) is 5.13 Å². The van der Waals surface area contributed by atoms with E-state index < -0.39 is 17.7 Å². The Morgan fingerprint density at radius 1 is 1.03 bits per heavy atom. The number of ketones is 1. The summed E-state index contributed by atoms with van der Waals surface area (Å²) in [5.41, 5.74) is 1.90. The molecule has 0 aliphatic carbocycles. The van der Waals surface area contributed by atoms with Gasteiger partial charge in [-0.15, -0.1) is 10.2 Å². The van der Waals surface area contributed by atoms with Gasteiger partial charge in [-0.05, 0) is 35.4 Å². The quantitative estimate of drug-likeness (QED) is 0.100. The lowest BCUT2D eigenvalue weighted by Crippen LogP contribution is -2.29. The molecule has 1 atom stereocenters. The number of aliphatic hydroxyl groups excluding tert-OH is 1. The van der Waals surface area contributed by atoms with Crippen molar-refractivity contribution < 1.29 is 14.7 Å². The van der Waals surface area contributed by atoms with Crippen molar-refractivity contribution in [3.05, 3.63) is 105 Å². The number of nitrogens with zero attached hydrogens (tertiary/aromatic N) is 4. The van der Waals surface area contributed by atoms with Crippen LogP contribution in [-0.4, -0.2) is 32.0 Å². The Morgan fingerprint density at radius 3 is 2.50 bits per heavy atom. The number of thioether (sulfide) groups is 1. The number of Topliss-reactive ketones (excluding diaryl/α,β-unsaturated/α-hetero) is 1. The largest absolute Gasteiger partial charge is 0.507 e. The first-order valence-corrected chi connectivity index (χ1v) is 13.2. The molecule has 2 aromatic heterocycles. The number of hydrogen-bond donors (Lipinski definition) is 1. The molecule has 4 aromatic rings. The van der Waals surface area contributed by atoms with E-state index >= 15 is 0 Å². The molecule has 1 saturated heterocycles. The second-order valence-corrected chi connectivity index (χ2v) is 10.7.